The van der Waals surface area contributed by atoms with Crippen LogP contribution in [0.15, 0.2) is 58.5 Å². The summed E-state index contributed by atoms with van der Waals surface area (Å²) in [5.41, 5.74) is -0.0616. The Labute approximate surface area is 176 Å². The van der Waals surface area contributed by atoms with Crippen LogP contribution < -0.4 is 0 Å². The first kappa shape index (κ1) is 23.1. The first-order valence-electron chi connectivity index (χ1n) is 9.09. The van der Waals surface area contributed by atoms with Crippen LogP contribution in [-0.2, 0) is 19.6 Å². The number of hydrogen-bond acceptors (Lipinski definition) is 5. The van der Waals surface area contributed by atoms with E-state index in [9.17, 15) is 17.6 Å². The van der Waals surface area contributed by atoms with Gasteiger partial charge in [0.15, 0.2) is 5.60 Å². The van der Waals surface area contributed by atoms with Gasteiger partial charge in [-0.25, -0.2) is 4.39 Å². The van der Waals surface area contributed by atoms with Gasteiger partial charge in [-0.15, -0.1) is 0 Å². The molecule has 0 saturated carbocycles. The zero-order valence-corrected chi connectivity index (χ0v) is 18.0. The van der Waals surface area contributed by atoms with Gasteiger partial charge in [-0.2, -0.15) is 17.9 Å². The number of aryl methyl sites for hydroxylation is 1. The van der Waals surface area contributed by atoms with Crippen molar-refractivity contribution in [2.45, 2.75) is 38.2 Å². The summed E-state index contributed by atoms with van der Waals surface area (Å²) in [5, 5.41) is 3.98. The highest BCUT2D eigenvalue weighted by Crippen LogP contribution is 2.17. The molecular formula is C22H23FN2O4S. The molecular weight excluding hydrogens is 407 g/mol. The summed E-state index contributed by atoms with van der Waals surface area (Å²) >= 11 is 0. The molecule has 0 saturated heterocycles. The number of benzene rings is 2. The Morgan fingerprint density at radius 1 is 1.20 bits per heavy atom. The van der Waals surface area contributed by atoms with Gasteiger partial charge < -0.3 is 4.74 Å². The summed E-state index contributed by atoms with van der Waals surface area (Å²) < 4.78 is 45.9. The first-order chi connectivity index (χ1) is 14.0. The molecule has 0 unspecified atom stereocenters. The topological polar surface area (TPSA) is 76.0 Å². The molecule has 2 aromatic rings. The Hall–Kier alpha value is -3.18. The average molecular weight is 431 g/mol. The van der Waals surface area contributed by atoms with Crippen molar-refractivity contribution in [2.75, 3.05) is 6.54 Å². The fourth-order valence-corrected chi connectivity index (χ4v) is 3.56. The molecule has 0 bridgehead atoms. The second kappa shape index (κ2) is 9.55. The van der Waals surface area contributed by atoms with Crippen LogP contribution in [0, 0.1) is 24.6 Å². The quantitative estimate of drug-likeness (QED) is 0.304. The van der Waals surface area contributed by atoms with E-state index in [0.29, 0.717) is 0 Å². The summed E-state index contributed by atoms with van der Waals surface area (Å²) in [7, 11) is -4.04. The molecule has 0 spiro atoms. The lowest BCUT2D eigenvalue weighted by Gasteiger charge is -2.19. The van der Waals surface area contributed by atoms with Crippen LogP contribution in [0.5, 0.6) is 0 Å². The molecule has 0 aliphatic rings. The molecule has 0 N–H and O–H groups in total. The minimum absolute atomic E-state index is 0.0276. The second-order valence-corrected chi connectivity index (χ2v) is 8.81. The maximum absolute atomic E-state index is 13.9. The Morgan fingerprint density at radius 2 is 1.83 bits per heavy atom. The van der Waals surface area contributed by atoms with Crippen molar-refractivity contribution >= 4 is 22.2 Å². The maximum atomic E-state index is 13.9. The standard InChI is InChI=1S/C22H23FN2O4S/c1-17-10-12-20(13-11-17)30(27,28)25(15-7-14-22(3,4)29-18(2)26)24-16-19-8-5-6-9-21(19)23/h5-6,8-13,16H,15H2,1-4H3/b24-16+. The molecule has 0 atom stereocenters. The Bertz CT molecular complexity index is 1100. The van der Waals surface area contributed by atoms with Gasteiger partial charge in [0.05, 0.1) is 11.1 Å². The predicted molar refractivity (Wildman–Crippen MR) is 113 cm³/mol. The molecule has 0 aliphatic carbocycles. The van der Waals surface area contributed by atoms with Crippen LogP contribution >= 0.6 is 0 Å². The van der Waals surface area contributed by atoms with Gasteiger partial charge in [0, 0.05) is 12.5 Å². The van der Waals surface area contributed by atoms with Gasteiger partial charge in [0.1, 0.15) is 12.4 Å². The lowest BCUT2D eigenvalue weighted by molar-refractivity contribution is -0.148. The molecule has 2 rings (SSSR count). The fraction of sp³-hybridized carbons (Fsp3) is 0.273. The number of carbonyl (C=O) groups is 1. The van der Waals surface area contributed by atoms with Crippen molar-refractivity contribution in [2.24, 2.45) is 5.10 Å². The third-order valence-electron chi connectivity index (χ3n) is 3.83. The highest BCUT2D eigenvalue weighted by molar-refractivity contribution is 7.89. The predicted octanol–water partition coefficient (Wildman–Crippen LogP) is 3.50. The molecule has 0 radical (unpaired) electrons. The molecule has 0 amide bonds. The van der Waals surface area contributed by atoms with E-state index in [4.69, 9.17) is 4.74 Å². The number of rotatable bonds is 6. The van der Waals surface area contributed by atoms with Crippen LogP contribution in [0.3, 0.4) is 0 Å². The molecule has 0 fully saturated rings. The number of carbonyl (C=O) groups excluding carboxylic acids is 1. The summed E-state index contributed by atoms with van der Waals surface area (Å²) in [6.07, 6.45) is 1.12. The second-order valence-electron chi connectivity index (χ2n) is 6.97. The monoisotopic (exact) mass is 430 g/mol. The summed E-state index contributed by atoms with van der Waals surface area (Å²) in [6.45, 7) is 5.96. The summed E-state index contributed by atoms with van der Waals surface area (Å²) in [5.74, 6) is 4.36. The number of halogens is 1. The molecule has 2 aromatic carbocycles. The zero-order valence-electron chi connectivity index (χ0n) is 17.2. The van der Waals surface area contributed by atoms with Crippen molar-refractivity contribution in [1.29, 1.82) is 0 Å². The van der Waals surface area contributed by atoms with E-state index in [0.717, 1.165) is 16.2 Å². The fourth-order valence-electron chi connectivity index (χ4n) is 2.43. The van der Waals surface area contributed by atoms with Crippen molar-refractivity contribution in [1.82, 2.24) is 4.41 Å². The van der Waals surface area contributed by atoms with Crippen molar-refractivity contribution in [3.05, 3.63) is 65.5 Å². The van der Waals surface area contributed by atoms with Gasteiger partial charge in [-0.3, -0.25) is 4.79 Å². The smallest absolute Gasteiger partial charge is 0.304 e. The Morgan fingerprint density at radius 3 is 2.43 bits per heavy atom. The number of hydrogen-bond donors (Lipinski definition) is 0. The summed E-state index contributed by atoms with van der Waals surface area (Å²) in [4.78, 5) is 11.2. The molecule has 0 heterocycles. The zero-order chi connectivity index (χ0) is 22.4. The van der Waals surface area contributed by atoms with E-state index in [1.807, 2.05) is 6.92 Å². The molecule has 158 valence electrons. The minimum Gasteiger partial charge on any atom is -0.447 e. The van der Waals surface area contributed by atoms with Crippen LogP contribution in [0.1, 0.15) is 31.9 Å². The third kappa shape index (κ3) is 6.42. The molecule has 6 nitrogen and oxygen atoms in total. The molecule has 0 aromatic heterocycles. The summed E-state index contributed by atoms with van der Waals surface area (Å²) in [6, 6.07) is 12.1. The SMILES string of the molecule is CC(=O)OC(C)(C)C#CCN(/N=C/c1ccccc1F)S(=O)(=O)c1ccc(C)cc1. The lowest BCUT2D eigenvalue weighted by atomic mass is 10.1. The van der Waals surface area contributed by atoms with Crippen LogP contribution in [0.2, 0.25) is 0 Å². The van der Waals surface area contributed by atoms with Crippen molar-refractivity contribution in [3.8, 4) is 11.8 Å². The largest absolute Gasteiger partial charge is 0.447 e. The van der Waals surface area contributed by atoms with Crippen molar-refractivity contribution in [3.63, 3.8) is 0 Å². The normalized spacial score (nSPS) is 11.6. The first-order valence-corrected chi connectivity index (χ1v) is 10.5. The van der Waals surface area contributed by atoms with E-state index in [1.165, 1.54) is 37.3 Å². The van der Waals surface area contributed by atoms with Crippen LogP contribution in [-0.4, -0.2) is 37.2 Å². The van der Waals surface area contributed by atoms with E-state index >= 15 is 0 Å². The van der Waals surface area contributed by atoms with Crippen LogP contribution in [0.25, 0.3) is 0 Å². The molecule has 0 aliphatic heterocycles. The van der Waals surface area contributed by atoms with Gasteiger partial charge >= 0.3 is 5.97 Å². The Kier molecular flexibility index (Phi) is 7.35. The number of esters is 1. The van der Waals surface area contributed by atoms with E-state index in [2.05, 4.69) is 16.9 Å². The number of ether oxygens (including phenoxy) is 1. The minimum atomic E-state index is -4.04. The third-order valence-corrected chi connectivity index (χ3v) is 5.48. The molecule has 30 heavy (non-hydrogen) atoms. The Balaban J connectivity index is 2.39. The highest BCUT2D eigenvalue weighted by atomic mass is 32.2. The number of sulfonamides is 1. The van der Waals surface area contributed by atoms with Crippen LogP contribution in [0.4, 0.5) is 4.39 Å². The molecule has 8 heteroatoms. The van der Waals surface area contributed by atoms with E-state index in [1.54, 1.807) is 32.0 Å². The van der Waals surface area contributed by atoms with E-state index < -0.39 is 27.4 Å². The van der Waals surface area contributed by atoms with Gasteiger partial charge in [-0.05, 0) is 39.0 Å². The van der Waals surface area contributed by atoms with Crippen molar-refractivity contribution < 1.29 is 22.3 Å². The van der Waals surface area contributed by atoms with Gasteiger partial charge in [0.25, 0.3) is 10.0 Å². The number of nitrogens with zero attached hydrogens (tertiary/aromatic N) is 2. The maximum Gasteiger partial charge on any atom is 0.304 e. The highest BCUT2D eigenvalue weighted by Gasteiger charge is 2.23. The number of hydrazone groups is 1. The average Bonchev–Trinajstić information content (AvgIpc) is 2.64. The lowest BCUT2D eigenvalue weighted by Crippen LogP contribution is -2.28. The van der Waals surface area contributed by atoms with Gasteiger partial charge in [0.2, 0.25) is 0 Å². The van der Waals surface area contributed by atoms with E-state index in [-0.39, 0.29) is 17.0 Å². The van der Waals surface area contributed by atoms with Gasteiger partial charge in [-0.1, -0.05) is 47.7 Å².